The highest BCUT2D eigenvalue weighted by atomic mass is 32.1. The first-order valence-electron chi connectivity index (χ1n) is 11.0. The molecule has 0 bridgehead atoms. The van der Waals surface area contributed by atoms with Crippen molar-refractivity contribution in [3.63, 3.8) is 0 Å². The van der Waals surface area contributed by atoms with Crippen molar-refractivity contribution < 1.29 is 14.4 Å². The van der Waals surface area contributed by atoms with Crippen LogP contribution in [-0.2, 0) is 17.6 Å². The molecule has 34 heavy (non-hydrogen) atoms. The Morgan fingerprint density at radius 1 is 0.971 bits per heavy atom. The maximum Gasteiger partial charge on any atom is 0.262 e. The summed E-state index contributed by atoms with van der Waals surface area (Å²) < 4.78 is 0. The van der Waals surface area contributed by atoms with E-state index in [1.807, 2.05) is 47.8 Å². The van der Waals surface area contributed by atoms with Gasteiger partial charge in [0.15, 0.2) is 0 Å². The molecule has 4 aromatic rings. The van der Waals surface area contributed by atoms with Crippen LogP contribution in [0.5, 0.6) is 0 Å². The van der Waals surface area contributed by atoms with Crippen molar-refractivity contribution in [1.82, 2.24) is 20.2 Å². The molecular formula is C26H22N4O3S. The molecule has 0 saturated heterocycles. The molecular weight excluding hydrogens is 448 g/mol. The number of amides is 3. The summed E-state index contributed by atoms with van der Waals surface area (Å²) >= 11 is 1.60. The second-order valence-electron chi connectivity index (χ2n) is 7.98. The predicted molar refractivity (Wildman–Crippen MR) is 129 cm³/mol. The van der Waals surface area contributed by atoms with Gasteiger partial charge in [-0.3, -0.25) is 19.3 Å². The SMILES string of the molecule is O=C(NCCc1[nH]cnc1-c1cccs1)C(Cc1ccccc1)N1C(=O)c2ccccc2C1=O. The minimum absolute atomic E-state index is 0.239. The van der Waals surface area contributed by atoms with Crippen molar-refractivity contribution in [2.24, 2.45) is 0 Å². The zero-order chi connectivity index (χ0) is 23.5. The number of thiophene rings is 1. The highest BCUT2D eigenvalue weighted by Gasteiger charge is 2.42. The number of nitrogens with zero attached hydrogens (tertiary/aromatic N) is 2. The monoisotopic (exact) mass is 470 g/mol. The summed E-state index contributed by atoms with van der Waals surface area (Å²) in [5, 5.41) is 4.92. The van der Waals surface area contributed by atoms with Crippen LogP contribution >= 0.6 is 11.3 Å². The Kier molecular flexibility index (Phi) is 6.05. The number of hydrogen-bond acceptors (Lipinski definition) is 5. The lowest BCUT2D eigenvalue weighted by Gasteiger charge is -2.25. The van der Waals surface area contributed by atoms with Gasteiger partial charge in [0, 0.05) is 25.1 Å². The van der Waals surface area contributed by atoms with Crippen molar-refractivity contribution in [1.29, 1.82) is 0 Å². The molecule has 2 N–H and O–H groups in total. The van der Waals surface area contributed by atoms with E-state index in [0.717, 1.165) is 26.7 Å². The first kappa shape index (κ1) is 21.8. The summed E-state index contributed by atoms with van der Waals surface area (Å²) in [6.45, 7) is 0.341. The highest BCUT2D eigenvalue weighted by Crippen LogP contribution is 2.27. The summed E-state index contributed by atoms with van der Waals surface area (Å²) in [6, 6.07) is 19.1. The van der Waals surface area contributed by atoms with E-state index in [1.165, 1.54) is 0 Å². The van der Waals surface area contributed by atoms with Gasteiger partial charge in [0.2, 0.25) is 5.91 Å². The van der Waals surface area contributed by atoms with E-state index in [2.05, 4.69) is 15.3 Å². The van der Waals surface area contributed by atoms with Gasteiger partial charge in [0.25, 0.3) is 11.8 Å². The summed E-state index contributed by atoms with van der Waals surface area (Å²) in [7, 11) is 0. The smallest absolute Gasteiger partial charge is 0.262 e. The van der Waals surface area contributed by atoms with Crippen LogP contribution in [0.3, 0.4) is 0 Å². The molecule has 0 radical (unpaired) electrons. The van der Waals surface area contributed by atoms with E-state index >= 15 is 0 Å². The van der Waals surface area contributed by atoms with Crippen molar-refractivity contribution in [2.75, 3.05) is 6.54 Å². The molecule has 1 aliphatic heterocycles. The Balaban J connectivity index is 1.34. The van der Waals surface area contributed by atoms with Crippen LogP contribution < -0.4 is 5.32 Å². The molecule has 170 valence electrons. The zero-order valence-corrected chi connectivity index (χ0v) is 19.0. The Morgan fingerprint density at radius 2 is 1.68 bits per heavy atom. The van der Waals surface area contributed by atoms with E-state index in [4.69, 9.17) is 0 Å². The number of benzene rings is 2. The number of aromatic amines is 1. The second-order valence-corrected chi connectivity index (χ2v) is 8.93. The first-order valence-corrected chi connectivity index (χ1v) is 11.9. The van der Waals surface area contributed by atoms with Crippen molar-refractivity contribution >= 4 is 29.1 Å². The number of aromatic nitrogens is 2. The number of carbonyl (C=O) groups excluding carboxylic acids is 3. The minimum Gasteiger partial charge on any atom is -0.354 e. The average Bonchev–Trinajstić information content (AvgIpc) is 3.60. The van der Waals surface area contributed by atoms with Crippen LogP contribution in [0.4, 0.5) is 0 Å². The van der Waals surface area contributed by atoms with Gasteiger partial charge in [0.1, 0.15) is 11.7 Å². The molecule has 3 heterocycles. The Hall–Kier alpha value is -4.04. The van der Waals surface area contributed by atoms with Crippen molar-refractivity contribution in [3.05, 3.63) is 101 Å². The third kappa shape index (κ3) is 4.15. The molecule has 1 unspecified atom stereocenters. The molecule has 1 aliphatic rings. The fraction of sp³-hybridized carbons (Fsp3) is 0.154. The number of nitrogens with one attached hydrogen (secondary N) is 2. The fourth-order valence-corrected chi connectivity index (χ4v) is 4.94. The minimum atomic E-state index is -0.951. The van der Waals surface area contributed by atoms with E-state index in [-0.39, 0.29) is 12.3 Å². The molecule has 0 saturated carbocycles. The summed E-state index contributed by atoms with van der Waals surface area (Å²) in [4.78, 5) is 49.2. The standard InChI is InChI=1S/C26H22N4O3S/c31-24(27-13-12-20-23(29-16-28-20)22-11-6-14-34-22)21(15-17-7-2-1-3-8-17)30-25(32)18-9-4-5-10-19(18)26(30)33/h1-11,14,16,21H,12-13,15H2,(H,27,31)(H,28,29). The van der Waals surface area contributed by atoms with Gasteiger partial charge < -0.3 is 10.3 Å². The lowest BCUT2D eigenvalue weighted by Crippen LogP contribution is -2.51. The molecule has 8 heteroatoms. The number of imide groups is 1. The van der Waals surface area contributed by atoms with Crippen molar-refractivity contribution in [2.45, 2.75) is 18.9 Å². The zero-order valence-electron chi connectivity index (χ0n) is 18.2. The normalized spacial score (nSPS) is 13.7. The maximum absolute atomic E-state index is 13.3. The van der Waals surface area contributed by atoms with Crippen LogP contribution in [-0.4, -0.2) is 45.2 Å². The molecule has 0 spiro atoms. The van der Waals surface area contributed by atoms with Gasteiger partial charge in [-0.1, -0.05) is 48.5 Å². The van der Waals surface area contributed by atoms with E-state index < -0.39 is 17.9 Å². The lowest BCUT2D eigenvalue weighted by atomic mass is 10.0. The average molecular weight is 471 g/mol. The number of rotatable bonds is 8. The van der Waals surface area contributed by atoms with Gasteiger partial charge in [-0.15, -0.1) is 11.3 Å². The van der Waals surface area contributed by atoms with Gasteiger partial charge in [-0.25, -0.2) is 4.98 Å². The van der Waals surface area contributed by atoms with E-state index in [9.17, 15) is 14.4 Å². The van der Waals surface area contributed by atoms with E-state index in [0.29, 0.717) is 24.1 Å². The third-order valence-corrected chi connectivity index (χ3v) is 6.74. The predicted octanol–water partition coefficient (Wildman–Crippen LogP) is 3.70. The molecule has 1 atom stereocenters. The van der Waals surface area contributed by atoms with Gasteiger partial charge in [-0.05, 0) is 29.1 Å². The first-order chi connectivity index (χ1) is 16.6. The van der Waals surface area contributed by atoms with Crippen LogP contribution in [0, 0.1) is 0 Å². The quantitative estimate of drug-likeness (QED) is 0.384. The Bertz CT molecular complexity index is 1300. The lowest BCUT2D eigenvalue weighted by molar-refractivity contribution is -0.125. The maximum atomic E-state index is 13.3. The van der Waals surface area contributed by atoms with Crippen molar-refractivity contribution in [3.8, 4) is 10.6 Å². The molecule has 2 aromatic heterocycles. The molecule has 5 rings (SSSR count). The topological polar surface area (TPSA) is 95.2 Å². The molecule has 7 nitrogen and oxygen atoms in total. The Morgan fingerprint density at radius 3 is 2.35 bits per heavy atom. The van der Waals surface area contributed by atoms with Gasteiger partial charge in [-0.2, -0.15) is 0 Å². The summed E-state index contributed by atoms with van der Waals surface area (Å²) in [5.74, 6) is -1.24. The highest BCUT2D eigenvalue weighted by molar-refractivity contribution is 7.13. The van der Waals surface area contributed by atoms with Crippen LogP contribution in [0.25, 0.3) is 10.6 Å². The number of hydrogen-bond donors (Lipinski definition) is 2. The van der Waals surface area contributed by atoms with Gasteiger partial charge in [0.05, 0.1) is 22.3 Å². The largest absolute Gasteiger partial charge is 0.354 e. The second kappa shape index (κ2) is 9.44. The third-order valence-electron chi connectivity index (χ3n) is 5.86. The molecule has 0 aliphatic carbocycles. The summed E-state index contributed by atoms with van der Waals surface area (Å²) in [6.07, 6.45) is 2.42. The molecule has 3 amide bonds. The van der Waals surface area contributed by atoms with Gasteiger partial charge >= 0.3 is 0 Å². The number of imidazole rings is 1. The number of carbonyl (C=O) groups is 3. The Labute approximate surface area is 200 Å². The summed E-state index contributed by atoms with van der Waals surface area (Å²) in [5.41, 5.74) is 3.31. The number of H-pyrrole nitrogens is 1. The van der Waals surface area contributed by atoms with E-state index in [1.54, 1.807) is 41.9 Å². The molecule has 0 fully saturated rings. The number of fused-ring (bicyclic) bond motifs is 1. The van der Waals surface area contributed by atoms with Crippen LogP contribution in [0.1, 0.15) is 32.0 Å². The van der Waals surface area contributed by atoms with Crippen LogP contribution in [0.15, 0.2) is 78.4 Å². The van der Waals surface area contributed by atoms with Crippen LogP contribution in [0.2, 0.25) is 0 Å². The molecule has 2 aromatic carbocycles. The fourth-order valence-electron chi connectivity index (χ4n) is 4.20.